The number of rotatable bonds is 5. The third-order valence-electron chi connectivity index (χ3n) is 6.51. The van der Waals surface area contributed by atoms with Crippen molar-refractivity contribution in [3.63, 3.8) is 0 Å². The van der Waals surface area contributed by atoms with Crippen LogP contribution in [-0.4, -0.2) is 51.1 Å². The lowest BCUT2D eigenvalue weighted by molar-refractivity contribution is 0.0342. The number of aromatic nitrogens is 4. The molecule has 0 radical (unpaired) electrons. The molecule has 5 rings (SSSR count). The van der Waals surface area contributed by atoms with Gasteiger partial charge in [-0.15, -0.1) is 0 Å². The lowest BCUT2D eigenvalue weighted by Crippen LogP contribution is -2.35. The molecule has 0 bridgehead atoms. The van der Waals surface area contributed by atoms with Crippen molar-refractivity contribution in [2.24, 2.45) is 5.41 Å². The second kappa shape index (κ2) is 8.20. The van der Waals surface area contributed by atoms with Crippen LogP contribution in [0.3, 0.4) is 0 Å². The van der Waals surface area contributed by atoms with E-state index in [2.05, 4.69) is 59.8 Å². The summed E-state index contributed by atoms with van der Waals surface area (Å²) < 4.78 is 13.2. The fourth-order valence-corrected chi connectivity index (χ4v) is 4.65. The normalized spacial score (nSPS) is 18.8. The monoisotopic (exact) mass is 421 g/mol. The Morgan fingerprint density at radius 1 is 1.10 bits per heavy atom. The van der Waals surface area contributed by atoms with E-state index >= 15 is 0 Å². The van der Waals surface area contributed by atoms with Gasteiger partial charge in [-0.1, -0.05) is 43.3 Å². The number of hydrogen-bond donors (Lipinski definition) is 0. The molecule has 2 aromatic heterocycles. The molecule has 3 heterocycles. The summed E-state index contributed by atoms with van der Waals surface area (Å²) >= 11 is 0. The maximum Gasteiger partial charge on any atom is 0.279 e. The third kappa shape index (κ3) is 4.16. The van der Waals surface area contributed by atoms with Crippen LogP contribution in [0.2, 0.25) is 0 Å². The zero-order valence-electron chi connectivity index (χ0n) is 18.7. The van der Waals surface area contributed by atoms with Crippen molar-refractivity contribution in [1.29, 1.82) is 0 Å². The number of fused-ring (bicyclic) bond motifs is 1. The summed E-state index contributed by atoms with van der Waals surface area (Å²) in [5.41, 5.74) is 6.01. The minimum atomic E-state index is 0.306. The molecule has 2 aliphatic rings. The Kier molecular flexibility index (Phi) is 5.40. The molecule has 0 amide bonds. The molecule has 3 aromatic rings. The van der Waals surface area contributed by atoms with E-state index in [1.54, 1.807) is 0 Å². The molecule has 1 fully saturated rings. The first-order chi connectivity index (χ1) is 15.0. The molecule has 31 heavy (non-hydrogen) atoms. The molecule has 0 saturated carbocycles. The predicted molar refractivity (Wildman–Crippen MR) is 119 cm³/mol. The van der Waals surface area contributed by atoms with Crippen LogP contribution in [0.15, 0.2) is 28.8 Å². The van der Waals surface area contributed by atoms with E-state index in [4.69, 9.17) is 19.3 Å². The van der Waals surface area contributed by atoms with Crippen LogP contribution in [0.25, 0.3) is 23.0 Å². The van der Waals surface area contributed by atoms with Gasteiger partial charge in [0.25, 0.3) is 5.89 Å². The number of ether oxygens (including phenoxy) is 1. The molecule has 0 spiro atoms. The molecule has 7 heteroatoms. The Bertz CT molecular complexity index is 1040. The van der Waals surface area contributed by atoms with Crippen molar-refractivity contribution < 1.29 is 9.26 Å². The molecule has 1 aromatic carbocycles. The third-order valence-corrected chi connectivity index (χ3v) is 6.51. The van der Waals surface area contributed by atoms with Crippen molar-refractivity contribution in [3.05, 3.63) is 41.1 Å². The molecule has 0 atom stereocenters. The highest BCUT2D eigenvalue weighted by Gasteiger charge is 2.32. The largest absolute Gasteiger partial charge is 0.379 e. The van der Waals surface area contributed by atoms with Crippen LogP contribution >= 0.6 is 0 Å². The second-order valence-corrected chi connectivity index (χ2v) is 9.44. The van der Waals surface area contributed by atoms with Gasteiger partial charge in [-0.2, -0.15) is 10.1 Å². The topological polar surface area (TPSA) is 69.2 Å². The lowest BCUT2D eigenvalue weighted by Gasteiger charge is -2.30. The SMILES string of the molecule is CCn1nc(-c2nc(-c3ccc(CN4CCOCC4)cc3)no2)c2c1CC(C)(C)CC2. The summed E-state index contributed by atoms with van der Waals surface area (Å²) in [7, 11) is 0. The molecular weight excluding hydrogens is 390 g/mol. The fraction of sp³-hybridized carbons (Fsp3) is 0.542. The summed E-state index contributed by atoms with van der Waals surface area (Å²) in [5, 5.41) is 9.10. The summed E-state index contributed by atoms with van der Waals surface area (Å²) in [6.07, 6.45) is 3.19. The van der Waals surface area contributed by atoms with Gasteiger partial charge in [-0.25, -0.2) is 0 Å². The van der Waals surface area contributed by atoms with Crippen molar-refractivity contribution in [2.45, 2.75) is 53.1 Å². The van der Waals surface area contributed by atoms with Crippen LogP contribution in [0, 0.1) is 5.41 Å². The number of benzene rings is 1. The van der Waals surface area contributed by atoms with Crippen LogP contribution in [0.1, 0.15) is 44.0 Å². The van der Waals surface area contributed by atoms with Gasteiger partial charge in [0, 0.05) is 43.0 Å². The molecule has 1 saturated heterocycles. The average molecular weight is 422 g/mol. The first kappa shape index (κ1) is 20.4. The van der Waals surface area contributed by atoms with E-state index in [0.29, 0.717) is 17.1 Å². The lowest BCUT2D eigenvalue weighted by atomic mass is 9.76. The van der Waals surface area contributed by atoms with Crippen molar-refractivity contribution in [3.8, 4) is 23.0 Å². The Morgan fingerprint density at radius 3 is 2.61 bits per heavy atom. The van der Waals surface area contributed by atoms with Gasteiger partial charge >= 0.3 is 0 Å². The summed E-state index contributed by atoms with van der Waals surface area (Å²) in [6.45, 7) is 12.2. The molecule has 164 valence electrons. The predicted octanol–water partition coefficient (Wildman–Crippen LogP) is 3.97. The Balaban J connectivity index is 1.36. The highest BCUT2D eigenvalue weighted by Crippen LogP contribution is 2.39. The minimum absolute atomic E-state index is 0.306. The standard InChI is InChI=1S/C24H31N5O2/c1-4-29-20-15-24(2,3)10-9-19(20)21(26-29)23-25-22(27-31-23)18-7-5-17(6-8-18)16-28-11-13-30-14-12-28/h5-8H,4,9-16H2,1-3H3. The van der Waals surface area contributed by atoms with Crippen molar-refractivity contribution in [2.75, 3.05) is 26.3 Å². The van der Waals surface area contributed by atoms with E-state index in [-0.39, 0.29) is 0 Å². The number of nitrogens with zero attached hydrogens (tertiary/aromatic N) is 5. The zero-order chi connectivity index (χ0) is 21.4. The molecule has 0 N–H and O–H groups in total. The van der Waals surface area contributed by atoms with Gasteiger partial charge < -0.3 is 9.26 Å². The second-order valence-electron chi connectivity index (χ2n) is 9.44. The maximum atomic E-state index is 5.67. The van der Waals surface area contributed by atoms with Crippen LogP contribution in [-0.2, 0) is 30.7 Å². The number of aryl methyl sites for hydroxylation is 1. The maximum absolute atomic E-state index is 5.67. The van der Waals surface area contributed by atoms with E-state index < -0.39 is 0 Å². The quantitative estimate of drug-likeness (QED) is 0.621. The van der Waals surface area contributed by atoms with Gasteiger partial charge in [-0.05, 0) is 37.2 Å². The van der Waals surface area contributed by atoms with Gasteiger partial charge in [-0.3, -0.25) is 9.58 Å². The molecule has 1 aliphatic carbocycles. The van der Waals surface area contributed by atoms with Crippen LogP contribution in [0.4, 0.5) is 0 Å². The Hall–Kier alpha value is -2.51. The summed E-state index contributed by atoms with van der Waals surface area (Å²) in [5.74, 6) is 1.14. The fourth-order valence-electron chi connectivity index (χ4n) is 4.65. The van der Waals surface area contributed by atoms with Crippen molar-refractivity contribution >= 4 is 0 Å². The first-order valence-electron chi connectivity index (χ1n) is 11.3. The van der Waals surface area contributed by atoms with Gasteiger partial charge in [0.05, 0.1) is 13.2 Å². The Morgan fingerprint density at radius 2 is 1.87 bits per heavy atom. The molecule has 1 aliphatic heterocycles. The zero-order valence-corrected chi connectivity index (χ0v) is 18.7. The van der Waals surface area contributed by atoms with E-state index in [0.717, 1.165) is 69.9 Å². The molecular formula is C24H31N5O2. The number of morpholine rings is 1. The van der Waals surface area contributed by atoms with Crippen LogP contribution in [0.5, 0.6) is 0 Å². The van der Waals surface area contributed by atoms with Gasteiger partial charge in [0.1, 0.15) is 0 Å². The highest BCUT2D eigenvalue weighted by molar-refractivity contribution is 5.61. The van der Waals surface area contributed by atoms with Crippen LogP contribution < -0.4 is 0 Å². The van der Waals surface area contributed by atoms with Gasteiger partial charge in [0.15, 0.2) is 5.69 Å². The summed E-state index contributed by atoms with van der Waals surface area (Å²) in [4.78, 5) is 7.12. The first-order valence-corrected chi connectivity index (χ1v) is 11.3. The summed E-state index contributed by atoms with van der Waals surface area (Å²) in [6, 6.07) is 8.45. The smallest absolute Gasteiger partial charge is 0.279 e. The molecule has 0 unspecified atom stereocenters. The number of hydrogen-bond acceptors (Lipinski definition) is 6. The van der Waals surface area contributed by atoms with E-state index in [1.807, 2.05) is 0 Å². The van der Waals surface area contributed by atoms with E-state index in [1.165, 1.54) is 16.8 Å². The Labute approximate surface area is 183 Å². The van der Waals surface area contributed by atoms with Gasteiger partial charge in [0.2, 0.25) is 5.82 Å². The minimum Gasteiger partial charge on any atom is -0.379 e. The van der Waals surface area contributed by atoms with E-state index in [9.17, 15) is 0 Å². The average Bonchev–Trinajstić information content (AvgIpc) is 3.39. The van der Waals surface area contributed by atoms with Crippen molar-refractivity contribution in [1.82, 2.24) is 24.8 Å². The highest BCUT2D eigenvalue weighted by atomic mass is 16.5. The molecule has 7 nitrogen and oxygen atoms in total.